The third-order valence-electron chi connectivity index (χ3n) is 0. The summed E-state index contributed by atoms with van der Waals surface area (Å²) in [6.45, 7) is 0. The van der Waals surface area contributed by atoms with E-state index < -0.39 is 5.09 Å². The quantitative estimate of drug-likeness (QED) is 0.103. The van der Waals surface area contributed by atoms with E-state index in [2.05, 4.69) is 0 Å². The molecule has 2 radical (unpaired) electrons. The average Bonchev–Trinajstić information content (AvgIpc) is 2.42. The van der Waals surface area contributed by atoms with Gasteiger partial charge in [-0.05, 0) is 0 Å². The summed E-state index contributed by atoms with van der Waals surface area (Å²) in [7, 11) is 0. The molecule has 152 valence electrons. The molecule has 0 aliphatic heterocycles. The zero-order valence-corrected chi connectivity index (χ0v) is 17.6. The molecule has 0 aromatic carbocycles. The van der Waals surface area contributed by atoms with Crippen molar-refractivity contribution < 1.29 is 190 Å². The molecule has 0 rings (SSSR count). The molecule has 0 atom stereocenters. The van der Waals surface area contributed by atoms with Gasteiger partial charge in [-0.2, -0.15) is 0 Å². The average molecular weight is 949 g/mol. The zero-order valence-electron chi connectivity index (χ0n) is 7.20. The summed E-state index contributed by atoms with van der Waals surface area (Å²) in [6, 6.07) is 0. The maximum atomic E-state index is 8.25. The molecule has 0 unspecified atom stereocenters. The van der Waals surface area contributed by atoms with Gasteiger partial charge in [-0.25, -0.2) is 0 Å². The van der Waals surface area contributed by atoms with Gasteiger partial charge in [0.1, 0.15) is 0 Å². The van der Waals surface area contributed by atoms with Crippen LogP contribution in [0.25, 0.3) is 0 Å². The number of hydrogen-bond acceptors (Lipinski definition) is 11. The van der Waals surface area contributed by atoms with Crippen molar-refractivity contribution in [2.45, 2.75) is 0 Å². The van der Waals surface area contributed by atoms with Gasteiger partial charge in [-0.3, -0.25) is 21.0 Å². The molecule has 0 fully saturated rings. The first-order valence-corrected chi connectivity index (χ1v) is 3.86. The molecule has 0 saturated heterocycles. The van der Waals surface area contributed by atoms with E-state index in [0.29, 0.717) is 0 Å². The van der Waals surface area contributed by atoms with E-state index in [4.69, 9.17) is 49.4 Å². The van der Waals surface area contributed by atoms with E-state index in [1.807, 2.05) is 0 Å². The minimum atomic E-state index is -1.75. The first-order valence-electron chi connectivity index (χ1n) is 1.44. The van der Waals surface area contributed by atoms with Crippen molar-refractivity contribution in [1.82, 2.24) is 0 Å². The summed E-state index contributed by atoms with van der Waals surface area (Å²) < 4.78 is 32.2. The van der Waals surface area contributed by atoms with Crippen LogP contribution in [-0.2, 0) is 164 Å². The summed E-state index contributed by atoms with van der Waals surface area (Å²) in [5.41, 5.74) is 0. The first kappa shape index (κ1) is 66.7. The van der Waals surface area contributed by atoms with Crippen LogP contribution in [0, 0.1) is 15.3 Å². The van der Waals surface area contributed by atoms with E-state index in [-0.39, 0.29) is 67.1 Å². The van der Waals surface area contributed by atoms with Crippen LogP contribution in [0.4, 0.5) is 0 Å². The van der Waals surface area contributed by atoms with Crippen molar-refractivity contribution in [2.75, 3.05) is 0 Å². The van der Waals surface area contributed by atoms with Crippen molar-refractivity contribution in [1.29, 1.82) is 0 Å². The normalized spacial score (nSPS) is 3.16. The zero-order chi connectivity index (χ0) is 15.6. The Balaban J connectivity index is -0.00000000622. The second kappa shape index (κ2) is 217. The molecule has 0 aromatic rings. The van der Waals surface area contributed by atoms with Crippen LogP contribution in [0.5, 0.6) is 0 Å². The third-order valence-corrected chi connectivity index (χ3v) is 0. The standard InChI is InChI=1S/7Ag.NO3.2H2O2.4O/c;;;;;;;2-1(3)4;2*1-2;;;;/h;;;;;;;;2*1-2H;;;;/q;;;;;;+1;-1;;;;;;. The molecule has 4 N–H and O–H groups in total. The Bertz CT molecular complexity index is 73.4. The molecule has 0 bridgehead atoms. The summed E-state index contributed by atoms with van der Waals surface area (Å²) in [6.07, 6.45) is 0. The number of hydrogen-bond donors (Lipinski definition) is 4. The Hall–Kier alpha value is 3.42. The van der Waals surface area contributed by atoms with Gasteiger partial charge >= 0.3 is 120 Å². The van der Waals surface area contributed by atoms with Crippen molar-refractivity contribution in [3.05, 3.63) is 15.3 Å². The molecular weight excluding hydrogens is 945 g/mol. The summed E-state index contributed by atoms with van der Waals surface area (Å²) in [5, 5.41) is 38.8. The van der Waals surface area contributed by atoms with Gasteiger partial charge in [-0.1, -0.05) is 0 Å². The Morgan fingerprint density at radius 3 is 0.632 bits per heavy atom. The van der Waals surface area contributed by atoms with Crippen LogP contribution >= 0.6 is 0 Å². The molecular formula is H4Ag7NO11. The summed E-state index contributed by atoms with van der Waals surface area (Å²) >= 11 is 6.80. The van der Waals surface area contributed by atoms with Gasteiger partial charge < -0.3 is 15.3 Å². The minimum absolute atomic E-state index is 0. The van der Waals surface area contributed by atoms with Crippen molar-refractivity contribution in [2.24, 2.45) is 0 Å². The van der Waals surface area contributed by atoms with Gasteiger partial charge in [0.25, 0.3) is 0 Å². The Morgan fingerprint density at radius 1 is 0.632 bits per heavy atom. The Labute approximate surface area is 202 Å². The molecule has 19 heavy (non-hydrogen) atoms. The fraction of sp³-hybridized carbons (Fsp3) is 0. The molecule has 0 saturated carbocycles. The second-order valence-corrected chi connectivity index (χ2v) is 0.224. The van der Waals surface area contributed by atoms with Crippen molar-refractivity contribution >= 4 is 0 Å². The molecule has 0 aliphatic rings. The Kier molecular flexibility index (Phi) is 760. The van der Waals surface area contributed by atoms with Crippen LogP contribution in [0.1, 0.15) is 0 Å². The summed E-state index contributed by atoms with van der Waals surface area (Å²) in [5.74, 6) is 0. The van der Waals surface area contributed by atoms with E-state index in [1.165, 1.54) is 0 Å². The van der Waals surface area contributed by atoms with E-state index in [0.717, 1.165) is 0 Å². The topological polar surface area (TPSA) is 215 Å². The molecule has 0 aromatic heterocycles. The monoisotopic (exact) mass is 942 g/mol. The van der Waals surface area contributed by atoms with Crippen molar-refractivity contribution in [3.63, 3.8) is 0 Å². The molecule has 0 amide bonds. The predicted molar refractivity (Wildman–Crippen MR) is 23.6 cm³/mol. The molecule has 0 heterocycles. The molecule has 0 aliphatic carbocycles. The van der Waals surface area contributed by atoms with Gasteiger partial charge in [-0.15, -0.1) is 0 Å². The predicted octanol–water partition coefficient (Wildman–Crippen LogP) is -0.697. The van der Waals surface area contributed by atoms with E-state index in [9.17, 15) is 0 Å². The van der Waals surface area contributed by atoms with Gasteiger partial charge in [0.05, 0.1) is 5.09 Å². The maximum absolute atomic E-state index is 8.25. The molecule has 12 nitrogen and oxygen atoms in total. The van der Waals surface area contributed by atoms with Crippen LogP contribution in [0.15, 0.2) is 0 Å². The van der Waals surface area contributed by atoms with Gasteiger partial charge in [0.2, 0.25) is 0 Å². The van der Waals surface area contributed by atoms with E-state index in [1.54, 1.807) is 84.2 Å². The fourth-order valence-electron chi connectivity index (χ4n) is 0. The van der Waals surface area contributed by atoms with Crippen LogP contribution in [0.3, 0.4) is 0 Å². The first-order chi connectivity index (χ1) is 7.73. The number of rotatable bonds is 0. The van der Waals surface area contributed by atoms with Gasteiger partial charge in [0.15, 0.2) is 0 Å². The SMILES string of the molecule is O=[N+]([O-])[O-].OO.OO.[Ag+].[Ag].[Ag].[O]=[Ag].[O]=[Ag].[O]=[Ag].[O]=[Ag]. The number of nitrogens with zero attached hydrogens (tertiary/aromatic N) is 1. The van der Waals surface area contributed by atoms with Gasteiger partial charge in [0, 0.05) is 44.8 Å². The van der Waals surface area contributed by atoms with Crippen LogP contribution < -0.4 is 0 Å². The molecule has 0 spiro atoms. The van der Waals surface area contributed by atoms with Crippen LogP contribution in [-0.4, -0.2) is 26.1 Å². The fourth-order valence-corrected chi connectivity index (χ4v) is 0. The third kappa shape index (κ3) is 690. The van der Waals surface area contributed by atoms with Crippen molar-refractivity contribution in [3.8, 4) is 0 Å². The second-order valence-electron chi connectivity index (χ2n) is 0.224. The van der Waals surface area contributed by atoms with E-state index >= 15 is 0 Å². The molecule has 19 heteroatoms. The Morgan fingerprint density at radius 2 is 0.632 bits per heavy atom. The summed E-state index contributed by atoms with van der Waals surface area (Å²) in [4.78, 5) is 8.25. The van der Waals surface area contributed by atoms with Crippen LogP contribution in [0.2, 0.25) is 0 Å².